The maximum Gasteiger partial charge on any atom is 0.111 e. The SMILES string of the molecule is N#CC=Nc1ccccc1C#N. The average Bonchev–Trinajstić information content (AvgIpc) is 2.15. The van der Waals surface area contributed by atoms with Crippen molar-refractivity contribution in [2.75, 3.05) is 0 Å². The van der Waals surface area contributed by atoms with Crippen molar-refractivity contribution in [3.8, 4) is 12.1 Å². The Hall–Kier alpha value is -2.13. The standard InChI is InChI=1S/C9H5N3/c10-5-6-12-9-4-2-1-3-8(9)7-11/h1-4,6H. The molecule has 0 fully saturated rings. The van der Waals surface area contributed by atoms with Crippen molar-refractivity contribution in [1.29, 1.82) is 10.5 Å². The Labute approximate surface area is 70.2 Å². The smallest absolute Gasteiger partial charge is 0.111 e. The molecule has 0 saturated heterocycles. The number of nitriles is 2. The second kappa shape index (κ2) is 3.90. The third-order valence-electron chi connectivity index (χ3n) is 1.29. The Morgan fingerprint density at radius 1 is 1.25 bits per heavy atom. The first kappa shape index (κ1) is 7.97. The molecule has 0 aliphatic heterocycles. The van der Waals surface area contributed by atoms with Crippen LogP contribution in [-0.4, -0.2) is 6.21 Å². The molecule has 0 N–H and O–H groups in total. The molecule has 0 saturated carbocycles. The number of hydrogen-bond donors (Lipinski definition) is 0. The Morgan fingerprint density at radius 2 is 2.00 bits per heavy atom. The Balaban J connectivity index is 3.09. The van der Waals surface area contributed by atoms with E-state index in [0.717, 1.165) is 6.21 Å². The molecule has 0 aliphatic rings. The van der Waals surface area contributed by atoms with Crippen molar-refractivity contribution in [2.24, 2.45) is 4.99 Å². The molecular weight excluding hydrogens is 150 g/mol. The van der Waals surface area contributed by atoms with Gasteiger partial charge in [-0.2, -0.15) is 10.5 Å². The fourth-order valence-corrected chi connectivity index (χ4v) is 0.779. The minimum absolute atomic E-state index is 0.476. The summed E-state index contributed by atoms with van der Waals surface area (Å²) in [7, 11) is 0. The van der Waals surface area contributed by atoms with Crippen molar-refractivity contribution in [1.82, 2.24) is 0 Å². The molecule has 0 aliphatic carbocycles. The molecule has 1 rings (SSSR count). The molecular formula is C9H5N3. The molecule has 0 heterocycles. The largest absolute Gasteiger partial charge is 0.244 e. The van der Waals surface area contributed by atoms with Gasteiger partial charge in [0.2, 0.25) is 0 Å². The summed E-state index contributed by atoms with van der Waals surface area (Å²) >= 11 is 0. The van der Waals surface area contributed by atoms with E-state index in [1.54, 1.807) is 30.3 Å². The Bertz CT molecular complexity index is 379. The van der Waals surface area contributed by atoms with Crippen molar-refractivity contribution in [3.05, 3.63) is 29.8 Å². The monoisotopic (exact) mass is 155 g/mol. The number of rotatable bonds is 1. The maximum absolute atomic E-state index is 8.61. The zero-order chi connectivity index (χ0) is 8.81. The molecule has 3 nitrogen and oxygen atoms in total. The second-order valence-electron chi connectivity index (χ2n) is 2.02. The molecule has 0 atom stereocenters. The maximum atomic E-state index is 8.61. The van der Waals surface area contributed by atoms with Crippen molar-refractivity contribution in [3.63, 3.8) is 0 Å². The van der Waals surface area contributed by atoms with Gasteiger partial charge < -0.3 is 0 Å². The molecule has 56 valence electrons. The van der Waals surface area contributed by atoms with Crippen LogP contribution in [0.2, 0.25) is 0 Å². The van der Waals surface area contributed by atoms with Gasteiger partial charge in [0.25, 0.3) is 0 Å². The summed E-state index contributed by atoms with van der Waals surface area (Å²) < 4.78 is 0. The van der Waals surface area contributed by atoms with Crippen LogP contribution in [0.25, 0.3) is 0 Å². The van der Waals surface area contributed by atoms with Gasteiger partial charge in [-0.3, -0.25) is 0 Å². The van der Waals surface area contributed by atoms with Gasteiger partial charge in [0.05, 0.1) is 11.3 Å². The van der Waals surface area contributed by atoms with E-state index < -0.39 is 0 Å². The van der Waals surface area contributed by atoms with Gasteiger partial charge in [0, 0.05) is 0 Å². The van der Waals surface area contributed by atoms with Crippen LogP contribution in [0.5, 0.6) is 0 Å². The van der Waals surface area contributed by atoms with E-state index in [1.807, 2.05) is 6.07 Å². The number of para-hydroxylation sites is 1. The highest BCUT2D eigenvalue weighted by Crippen LogP contribution is 2.16. The summed E-state index contributed by atoms with van der Waals surface area (Å²) in [6.07, 6.45) is 1.11. The lowest BCUT2D eigenvalue weighted by atomic mass is 10.2. The fraction of sp³-hybridized carbons (Fsp3) is 0. The Kier molecular flexibility index (Phi) is 2.59. The van der Waals surface area contributed by atoms with Gasteiger partial charge in [0.15, 0.2) is 0 Å². The number of benzene rings is 1. The summed E-state index contributed by atoms with van der Waals surface area (Å²) in [6, 6.07) is 10.6. The normalized spacial score (nSPS) is 9.17. The quantitative estimate of drug-likeness (QED) is 0.580. The first-order chi connectivity index (χ1) is 5.88. The minimum Gasteiger partial charge on any atom is -0.244 e. The van der Waals surface area contributed by atoms with E-state index >= 15 is 0 Å². The molecule has 12 heavy (non-hydrogen) atoms. The first-order valence-corrected chi connectivity index (χ1v) is 3.30. The van der Waals surface area contributed by atoms with E-state index in [-0.39, 0.29) is 0 Å². The number of hydrogen-bond acceptors (Lipinski definition) is 3. The van der Waals surface area contributed by atoms with Crippen LogP contribution in [0.1, 0.15) is 5.56 Å². The average molecular weight is 155 g/mol. The van der Waals surface area contributed by atoms with Gasteiger partial charge >= 0.3 is 0 Å². The first-order valence-electron chi connectivity index (χ1n) is 3.30. The van der Waals surface area contributed by atoms with Gasteiger partial charge in [-0.15, -0.1) is 0 Å². The zero-order valence-electron chi connectivity index (χ0n) is 6.23. The lowest BCUT2D eigenvalue weighted by Crippen LogP contribution is -1.74. The van der Waals surface area contributed by atoms with E-state index in [9.17, 15) is 0 Å². The van der Waals surface area contributed by atoms with Crippen LogP contribution >= 0.6 is 0 Å². The molecule has 0 amide bonds. The third kappa shape index (κ3) is 1.68. The lowest BCUT2D eigenvalue weighted by molar-refractivity contribution is 1.44. The predicted molar refractivity (Wildman–Crippen MR) is 44.9 cm³/mol. The van der Waals surface area contributed by atoms with Gasteiger partial charge in [-0.05, 0) is 12.1 Å². The molecule has 0 unspecified atom stereocenters. The molecule has 0 bridgehead atoms. The van der Waals surface area contributed by atoms with Crippen LogP contribution in [0.3, 0.4) is 0 Å². The molecule has 0 aromatic heterocycles. The summed E-state index contributed by atoms with van der Waals surface area (Å²) in [5.41, 5.74) is 1.01. The van der Waals surface area contributed by atoms with Crippen LogP contribution in [0.15, 0.2) is 29.3 Å². The van der Waals surface area contributed by atoms with Crippen LogP contribution in [0.4, 0.5) is 5.69 Å². The highest BCUT2D eigenvalue weighted by atomic mass is 14.7. The highest BCUT2D eigenvalue weighted by Gasteiger charge is 1.95. The Morgan fingerprint density at radius 3 is 2.67 bits per heavy atom. The number of nitrogens with zero attached hydrogens (tertiary/aromatic N) is 3. The summed E-state index contributed by atoms with van der Waals surface area (Å²) in [5, 5.41) is 16.8. The summed E-state index contributed by atoms with van der Waals surface area (Å²) in [5.74, 6) is 0. The van der Waals surface area contributed by atoms with E-state index in [4.69, 9.17) is 10.5 Å². The van der Waals surface area contributed by atoms with Crippen molar-refractivity contribution in [2.45, 2.75) is 0 Å². The van der Waals surface area contributed by atoms with Crippen molar-refractivity contribution < 1.29 is 0 Å². The fourth-order valence-electron chi connectivity index (χ4n) is 0.779. The molecule has 3 heteroatoms. The van der Waals surface area contributed by atoms with Gasteiger partial charge in [0.1, 0.15) is 18.4 Å². The minimum atomic E-state index is 0.476. The van der Waals surface area contributed by atoms with Crippen molar-refractivity contribution >= 4 is 11.9 Å². The molecule has 1 aromatic rings. The van der Waals surface area contributed by atoms with Crippen LogP contribution in [0, 0.1) is 22.7 Å². The highest BCUT2D eigenvalue weighted by molar-refractivity contribution is 5.78. The zero-order valence-corrected chi connectivity index (χ0v) is 6.23. The third-order valence-corrected chi connectivity index (χ3v) is 1.29. The molecule has 1 aromatic carbocycles. The lowest BCUT2D eigenvalue weighted by Gasteiger charge is -1.92. The van der Waals surface area contributed by atoms with Crippen LogP contribution < -0.4 is 0 Å². The summed E-state index contributed by atoms with van der Waals surface area (Å²) in [6.45, 7) is 0. The van der Waals surface area contributed by atoms with E-state index in [1.165, 1.54) is 0 Å². The summed E-state index contributed by atoms with van der Waals surface area (Å²) in [4.78, 5) is 3.79. The predicted octanol–water partition coefficient (Wildman–Crippen LogP) is 1.78. The van der Waals surface area contributed by atoms with E-state index in [0.29, 0.717) is 11.3 Å². The van der Waals surface area contributed by atoms with Gasteiger partial charge in [-0.1, -0.05) is 12.1 Å². The molecule has 0 spiro atoms. The van der Waals surface area contributed by atoms with Crippen LogP contribution in [-0.2, 0) is 0 Å². The molecule has 0 radical (unpaired) electrons. The topological polar surface area (TPSA) is 59.9 Å². The second-order valence-corrected chi connectivity index (χ2v) is 2.02. The van der Waals surface area contributed by atoms with E-state index in [2.05, 4.69) is 4.99 Å². The number of aliphatic imine (C=N–C) groups is 1. The van der Waals surface area contributed by atoms with Gasteiger partial charge in [-0.25, -0.2) is 4.99 Å².